The van der Waals surface area contributed by atoms with Crippen molar-refractivity contribution in [3.63, 3.8) is 0 Å². The molecule has 22 heavy (non-hydrogen) atoms. The van der Waals surface area contributed by atoms with E-state index in [2.05, 4.69) is 17.0 Å². The van der Waals surface area contributed by atoms with Crippen molar-refractivity contribution in [2.24, 2.45) is 13.0 Å². The number of aryl methyl sites for hydroxylation is 2. The van der Waals surface area contributed by atoms with Crippen LogP contribution in [-0.4, -0.2) is 59.2 Å². The van der Waals surface area contributed by atoms with E-state index in [9.17, 15) is 4.79 Å². The molecule has 1 aliphatic heterocycles. The van der Waals surface area contributed by atoms with E-state index in [4.69, 9.17) is 0 Å². The van der Waals surface area contributed by atoms with Gasteiger partial charge in [0.25, 0.3) is 0 Å². The second-order valence-electron chi connectivity index (χ2n) is 6.75. The number of piperidine rings is 1. The summed E-state index contributed by atoms with van der Waals surface area (Å²) < 4.78 is 1.82. The molecule has 1 aliphatic rings. The maximum Gasteiger partial charge on any atom is 0.222 e. The Hall–Kier alpha value is -1.36. The number of rotatable bonds is 7. The standard InChI is InChI=1S/C17H30N4O/c1-19-10-4-6-15(13-19)8-9-17(22)20(2)11-5-7-16-12-18-21(3)14-16/h12,14-15H,4-11,13H2,1-3H3/t15-/m0/s1. The Morgan fingerprint density at radius 2 is 2.27 bits per heavy atom. The summed E-state index contributed by atoms with van der Waals surface area (Å²) in [6.45, 7) is 3.19. The Labute approximate surface area is 134 Å². The quantitative estimate of drug-likeness (QED) is 0.773. The van der Waals surface area contributed by atoms with Crippen LogP contribution in [0.15, 0.2) is 12.4 Å². The summed E-state index contributed by atoms with van der Waals surface area (Å²) in [4.78, 5) is 16.5. The van der Waals surface area contributed by atoms with Gasteiger partial charge < -0.3 is 9.80 Å². The average Bonchev–Trinajstić information content (AvgIpc) is 2.90. The van der Waals surface area contributed by atoms with Gasteiger partial charge in [-0.05, 0) is 57.2 Å². The normalized spacial score (nSPS) is 19.3. The van der Waals surface area contributed by atoms with Gasteiger partial charge >= 0.3 is 0 Å². The fraction of sp³-hybridized carbons (Fsp3) is 0.765. The molecule has 5 heteroatoms. The number of aromatic nitrogens is 2. The van der Waals surface area contributed by atoms with E-state index in [1.807, 2.05) is 36.1 Å². The molecular formula is C17H30N4O. The predicted octanol–water partition coefficient (Wildman–Crippen LogP) is 1.93. The van der Waals surface area contributed by atoms with Gasteiger partial charge in [-0.15, -0.1) is 0 Å². The summed E-state index contributed by atoms with van der Waals surface area (Å²) in [6.07, 6.45) is 10.2. The molecule has 2 heterocycles. The van der Waals surface area contributed by atoms with Crippen molar-refractivity contribution in [3.8, 4) is 0 Å². The van der Waals surface area contributed by atoms with Gasteiger partial charge in [-0.2, -0.15) is 5.10 Å². The van der Waals surface area contributed by atoms with Crippen molar-refractivity contribution < 1.29 is 4.79 Å². The Bertz CT molecular complexity index is 471. The second kappa shape index (κ2) is 8.32. The molecule has 0 saturated carbocycles. The lowest BCUT2D eigenvalue weighted by atomic mass is 9.93. The molecule has 0 spiro atoms. The van der Waals surface area contributed by atoms with Gasteiger partial charge in [-0.3, -0.25) is 9.48 Å². The fourth-order valence-electron chi connectivity index (χ4n) is 3.27. The molecule has 1 aromatic heterocycles. The molecule has 0 N–H and O–H groups in total. The third-order valence-electron chi connectivity index (χ3n) is 4.63. The topological polar surface area (TPSA) is 41.4 Å². The zero-order valence-electron chi connectivity index (χ0n) is 14.3. The first kappa shape index (κ1) is 17.0. The lowest BCUT2D eigenvalue weighted by Crippen LogP contribution is -2.33. The highest BCUT2D eigenvalue weighted by molar-refractivity contribution is 5.75. The van der Waals surface area contributed by atoms with Crippen LogP contribution >= 0.6 is 0 Å². The monoisotopic (exact) mass is 306 g/mol. The first-order chi connectivity index (χ1) is 10.5. The molecule has 0 unspecified atom stereocenters. The zero-order valence-corrected chi connectivity index (χ0v) is 14.3. The highest BCUT2D eigenvalue weighted by Crippen LogP contribution is 2.20. The Morgan fingerprint density at radius 3 is 2.95 bits per heavy atom. The summed E-state index contributed by atoms with van der Waals surface area (Å²) >= 11 is 0. The number of hydrogen-bond donors (Lipinski definition) is 0. The van der Waals surface area contributed by atoms with Crippen LogP contribution in [0.2, 0.25) is 0 Å². The van der Waals surface area contributed by atoms with E-state index in [1.54, 1.807) is 0 Å². The molecule has 1 atom stereocenters. The molecule has 0 bridgehead atoms. The summed E-state index contributed by atoms with van der Waals surface area (Å²) in [5.41, 5.74) is 1.24. The van der Waals surface area contributed by atoms with Crippen LogP contribution < -0.4 is 0 Å². The van der Waals surface area contributed by atoms with Crippen LogP contribution in [0.1, 0.15) is 37.7 Å². The molecule has 1 aromatic rings. The Kier molecular flexibility index (Phi) is 6.43. The van der Waals surface area contributed by atoms with Gasteiger partial charge in [0.2, 0.25) is 5.91 Å². The van der Waals surface area contributed by atoms with Crippen LogP contribution in [0, 0.1) is 5.92 Å². The molecule has 1 saturated heterocycles. The first-order valence-electron chi connectivity index (χ1n) is 8.44. The number of carbonyl (C=O) groups is 1. The molecule has 5 nitrogen and oxygen atoms in total. The van der Waals surface area contributed by atoms with Crippen LogP contribution in [0.5, 0.6) is 0 Å². The molecule has 124 valence electrons. The van der Waals surface area contributed by atoms with Crippen LogP contribution in [-0.2, 0) is 18.3 Å². The summed E-state index contributed by atoms with van der Waals surface area (Å²) in [5, 5.41) is 4.17. The molecule has 0 aromatic carbocycles. The zero-order chi connectivity index (χ0) is 15.9. The van der Waals surface area contributed by atoms with Crippen LogP contribution in [0.4, 0.5) is 0 Å². The largest absolute Gasteiger partial charge is 0.346 e. The Balaban J connectivity index is 1.62. The lowest BCUT2D eigenvalue weighted by Gasteiger charge is -2.29. The SMILES string of the molecule is CN1CCC[C@@H](CCC(=O)N(C)CCCc2cnn(C)c2)C1. The molecule has 2 rings (SSSR count). The van der Waals surface area contributed by atoms with E-state index >= 15 is 0 Å². The molecule has 0 aliphatic carbocycles. The third kappa shape index (κ3) is 5.44. The number of nitrogens with zero attached hydrogens (tertiary/aromatic N) is 4. The average molecular weight is 306 g/mol. The first-order valence-corrected chi connectivity index (χ1v) is 8.44. The van der Waals surface area contributed by atoms with Gasteiger partial charge in [0, 0.05) is 39.8 Å². The van der Waals surface area contributed by atoms with Gasteiger partial charge in [-0.1, -0.05) is 0 Å². The van der Waals surface area contributed by atoms with Crippen molar-refractivity contribution >= 4 is 5.91 Å². The fourth-order valence-corrected chi connectivity index (χ4v) is 3.27. The molecular weight excluding hydrogens is 276 g/mol. The van der Waals surface area contributed by atoms with Crippen LogP contribution in [0.25, 0.3) is 0 Å². The minimum Gasteiger partial charge on any atom is -0.346 e. The van der Waals surface area contributed by atoms with Crippen molar-refractivity contribution in [2.75, 3.05) is 33.7 Å². The van der Waals surface area contributed by atoms with Gasteiger partial charge in [0.1, 0.15) is 0 Å². The minimum atomic E-state index is 0.291. The lowest BCUT2D eigenvalue weighted by molar-refractivity contribution is -0.130. The second-order valence-corrected chi connectivity index (χ2v) is 6.75. The number of hydrogen-bond acceptors (Lipinski definition) is 3. The van der Waals surface area contributed by atoms with Gasteiger partial charge in [0.05, 0.1) is 6.20 Å². The van der Waals surface area contributed by atoms with E-state index in [0.717, 1.165) is 32.4 Å². The highest BCUT2D eigenvalue weighted by Gasteiger charge is 2.19. The minimum absolute atomic E-state index is 0.291. The summed E-state index contributed by atoms with van der Waals surface area (Å²) in [6, 6.07) is 0. The van der Waals surface area contributed by atoms with E-state index in [-0.39, 0.29) is 0 Å². The predicted molar refractivity (Wildman–Crippen MR) is 88.6 cm³/mol. The van der Waals surface area contributed by atoms with E-state index in [0.29, 0.717) is 18.2 Å². The third-order valence-corrected chi connectivity index (χ3v) is 4.63. The number of likely N-dealkylation sites (tertiary alicyclic amines) is 1. The van der Waals surface area contributed by atoms with Gasteiger partial charge in [0.15, 0.2) is 0 Å². The Morgan fingerprint density at radius 1 is 1.45 bits per heavy atom. The van der Waals surface area contributed by atoms with E-state index < -0.39 is 0 Å². The maximum atomic E-state index is 12.2. The van der Waals surface area contributed by atoms with Crippen molar-refractivity contribution in [3.05, 3.63) is 18.0 Å². The smallest absolute Gasteiger partial charge is 0.222 e. The number of amides is 1. The molecule has 0 radical (unpaired) electrons. The highest BCUT2D eigenvalue weighted by atomic mass is 16.2. The van der Waals surface area contributed by atoms with Gasteiger partial charge in [-0.25, -0.2) is 0 Å². The number of carbonyl (C=O) groups excluding carboxylic acids is 1. The summed E-state index contributed by atoms with van der Waals surface area (Å²) in [7, 11) is 6.04. The van der Waals surface area contributed by atoms with Crippen LogP contribution in [0.3, 0.4) is 0 Å². The van der Waals surface area contributed by atoms with Crippen molar-refractivity contribution in [1.82, 2.24) is 19.6 Å². The summed E-state index contributed by atoms with van der Waals surface area (Å²) in [5.74, 6) is 0.992. The van der Waals surface area contributed by atoms with E-state index in [1.165, 1.54) is 24.9 Å². The maximum absolute atomic E-state index is 12.2. The molecule has 1 amide bonds. The van der Waals surface area contributed by atoms with Crippen molar-refractivity contribution in [1.29, 1.82) is 0 Å². The van der Waals surface area contributed by atoms with Crippen molar-refractivity contribution in [2.45, 2.75) is 38.5 Å². The molecule has 1 fully saturated rings.